The lowest BCUT2D eigenvalue weighted by atomic mass is 10.1. The molecule has 2 N–H and O–H groups in total. The number of nitrogens with zero attached hydrogens (tertiary/aromatic N) is 2. The van der Waals surface area contributed by atoms with E-state index >= 15 is 0 Å². The normalized spacial score (nSPS) is 12.2. The first-order valence-electron chi connectivity index (χ1n) is 5.29. The van der Waals surface area contributed by atoms with Crippen molar-refractivity contribution in [3.8, 4) is 0 Å². The number of aliphatic hydroxyl groups is 1. The van der Waals surface area contributed by atoms with E-state index in [1.165, 1.54) is 12.4 Å². The van der Waals surface area contributed by atoms with E-state index in [9.17, 15) is 9.50 Å². The molecule has 0 spiro atoms. The van der Waals surface area contributed by atoms with Crippen LogP contribution in [0.4, 0.5) is 10.2 Å². The summed E-state index contributed by atoms with van der Waals surface area (Å²) in [5.74, 6) is 0.140. The summed E-state index contributed by atoms with van der Waals surface area (Å²) in [4.78, 5) is 7.85. The highest BCUT2D eigenvalue weighted by Gasteiger charge is 2.15. The lowest BCUT2D eigenvalue weighted by molar-refractivity contribution is 0.273. The van der Waals surface area contributed by atoms with Gasteiger partial charge in [0.05, 0.1) is 17.1 Å². The molecule has 1 aromatic carbocycles. The van der Waals surface area contributed by atoms with Crippen LogP contribution >= 0.6 is 15.9 Å². The first kappa shape index (κ1) is 12.9. The van der Waals surface area contributed by atoms with E-state index in [0.717, 1.165) is 0 Å². The van der Waals surface area contributed by atoms with Crippen molar-refractivity contribution < 1.29 is 9.50 Å². The second-order valence-electron chi connectivity index (χ2n) is 3.62. The number of benzene rings is 1. The largest absolute Gasteiger partial charge is 0.394 e. The molecule has 94 valence electrons. The van der Waals surface area contributed by atoms with Gasteiger partial charge in [-0.2, -0.15) is 0 Å². The van der Waals surface area contributed by atoms with Gasteiger partial charge in [0.15, 0.2) is 0 Å². The molecule has 0 aliphatic rings. The minimum Gasteiger partial charge on any atom is -0.394 e. The standard InChI is InChI=1S/C12H11BrFN3O/c13-9-5-15-7-16-12(9)17-11(6-18)8-3-1-2-4-10(8)14/h1-5,7,11,18H,6H2,(H,15,16,17)/t11-/m1/s1. The van der Waals surface area contributed by atoms with Crippen LogP contribution in [-0.2, 0) is 0 Å². The molecule has 0 aliphatic heterocycles. The fraction of sp³-hybridized carbons (Fsp3) is 0.167. The summed E-state index contributed by atoms with van der Waals surface area (Å²) in [6.07, 6.45) is 2.95. The number of hydrogen-bond donors (Lipinski definition) is 2. The van der Waals surface area contributed by atoms with Crippen molar-refractivity contribution in [2.24, 2.45) is 0 Å². The van der Waals surface area contributed by atoms with Gasteiger partial charge in [0.1, 0.15) is 18.0 Å². The van der Waals surface area contributed by atoms with Crippen molar-refractivity contribution in [3.63, 3.8) is 0 Å². The Morgan fingerprint density at radius 2 is 2.17 bits per heavy atom. The van der Waals surface area contributed by atoms with Gasteiger partial charge in [0, 0.05) is 11.8 Å². The minimum absolute atomic E-state index is 0.239. The molecule has 0 saturated heterocycles. The Labute approximate surface area is 112 Å². The van der Waals surface area contributed by atoms with Gasteiger partial charge in [0.2, 0.25) is 0 Å². The molecular formula is C12H11BrFN3O. The van der Waals surface area contributed by atoms with E-state index in [1.807, 2.05) is 0 Å². The molecule has 4 nitrogen and oxygen atoms in total. The van der Waals surface area contributed by atoms with Crippen LogP contribution in [0.25, 0.3) is 0 Å². The zero-order valence-corrected chi connectivity index (χ0v) is 10.9. The Morgan fingerprint density at radius 3 is 2.83 bits per heavy atom. The molecule has 0 saturated carbocycles. The van der Waals surface area contributed by atoms with Crippen LogP contribution in [-0.4, -0.2) is 21.7 Å². The van der Waals surface area contributed by atoms with Gasteiger partial charge in [-0.25, -0.2) is 14.4 Å². The SMILES string of the molecule is OC[C@@H](Nc1ncncc1Br)c1ccccc1F. The monoisotopic (exact) mass is 311 g/mol. The van der Waals surface area contributed by atoms with Gasteiger partial charge < -0.3 is 10.4 Å². The van der Waals surface area contributed by atoms with Crippen LogP contribution in [0.2, 0.25) is 0 Å². The second kappa shape index (κ2) is 5.88. The van der Waals surface area contributed by atoms with Gasteiger partial charge in [-0.1, -0.05) is 18.2 Å². The molecule has 0 radical (unpaired) electrons. The van der Waals surface area contributed by atoms with Crippen molar-refractivity contribution in [1.82, 2.24) is 9.97 Å². The van der Waals surface area contributed by atoms with E-state index < -0.39 is 6.04 Å². The van der Waals surface area contributed by atoms with Crippen LogP contribution in [0.1, 0.15) is 11.6 Å². The lowest BCUT2D eigenvalue weighted by Gasteiger charge is -2.18. The summed E-state index contributed by atoms with van der Waals surface area (Å²) in [7, 11) is 0. The van der Waals surface area contributed by atoms with E-state index in [1.54, 1.807) is 24.4 Å². The molecule has 1 heterocycles. The van der Waals surface area contributed by atoms with E-state index in [-0.39, 0.29) is 12.4 Å². The summed E-state index contributed by atoms with van der Waals surface area (Å²) in [6.45, 7) is -0.239. The molecule has 0 aliphatic carbocycles. The van der Waals surface area contributed by atoms with Crippen molar-refractivity contribution >= 4 is 21.7 Å². The summed E-state index contributed by atoms with van der Waals surface area (Å²) in [6, 6.07) is 5.75. The lowest BCUT2D eigenvalue weighted by Crippen LogP contribution is -2.17. The van der Waals surface area contributed by atoms with E-state index in [2.05, 4.69) is 31.2 Å². The van der Waals surface area contributed by atoms with Crippen LogP contribution in [0.15, 0.2) is 41.3 Å². The molecule has 18 heavy (non-hydrogen) atoms. The molecule has 0 unspecified atom stereocenters. The Morgan fingerprint density at radius 1 is 1.39 bits per heavy atom. The maximum atomic E-state index is 13.6. The predicted octanol–water partition coefficient (Wildman–Crippen LogP) is 2.52. The predicted molar refractivity (Wildman–Crippen MR) is 69.6 cm³/mol. The third kappa shape index (κ3) is 2.83. The molecule has 6 heteroatoms. The molecule has 0 bridgehead atoms. The molecule has 1 aromatic heterocycles. The van der Waals surface area contributed by atoms with Crippen LogP contribution in [0, 0.1) is 5.82 Å². The summed E-state index contributed by atoms with van der Waals surface area (Å²) >= 11 is 3.28. The van der Waals surface area contributed by atoms with Crippen molar-refractivity contribution in [2.75, 3.05) is 11.9 Å². The van der Waals surface area contributed by atoms with Gasteiger partial charge in [0.25, 0.3) is 0 Å². The molecular weight excluding hydrogens is 301 g/mol. The average Bonchev–Trinajstić information content (AvgIpc) is 2.39. The molecule has 0 amide bonds. The van der Waals surface area contributed by atoms with Crippen molar-refractivity contribution in [2.45, 2.75) is 6.04 Å². The number of hydrogen-bond acceptors (Lipinski definition) is 4. The van der Waals surface area contributed by atoms with Crippen LogP contribution < -0.4 is 5.32 Å². The minimum atomic E-state index is -0.558. The maximum absolute atomic E-state index is 13.6. The highest BCUT2D eigenvalue weighted by atomic mass is 79.9. The number of aliphatic hydroxyl groups excluding tert-OH is 1. The van der Waals surface area contributed by atoms with E-state index in [0.29, 0.717) is 15.9 Å². The Kier molecular flexibility index (Phi) is 4.22. The number of anilines is 1. The number of rotatable bonds is 4. The quantitative estimate of drug-likeness (QED) is 0.911. The Bertz CT molecular complexity index is 538. The molecule has 2 aromatic rings. The first-order chi connectivity index (χ1) is 8.72. The highest BCUT2D eigenvalue weighted by molar-refractivity contribution is 9.10. The van der Waals surface area contributed by atoms with Crippen molar-refractivity contribution in [3.05, 3.63) is 52.6 Å². The molecule has 2 rings (SSSR count). The number of halogens is 2. The Balaban J connectivity index is 2.26. The smallest absolute Gasteiger partial charge is 0.144 e. The van der Waals surface area contributed by atoms with Crippen LogP contribution in [0.5, 0.6) is 0 Å². The van der Waals surface area contributed by atoms with E-state index in [4.69, 9.17) is 0 Å². The van der Waals surface area contributed by atoms with Gasteiger partial charge in [-0.05, 0) is 22.0 Å². The first-order valence-corrected chi connectivity index (χ1v) is 6.09. The fourth-order valence-electron chi connectivity index (χ4n) is 1.56. The third-order valence-electron chi connectivity index (χ3n) is 2.44. The van der Waals surface area contributed by atoms with Crippen LogP contribution in [0.3, 0.4) is 0 Å². The summed E-state index contributed by atoms with van der Waals surface area (Å²) in [5, 5.41) is 12.3. The zero-order valence-electron chi connectivity index (χ0n) is 9.35. The highest BCUT2D eigenvalue weighted by Crippen LogP contribution is 2.24. The topological polar surface area (TPSA) is 58.0 Å². The number of nitrogens with one attached hydrogen (secondary N) is 1. The molecule has 0 fully saturated rings. The summed E-state index contributed by atoms with van der Waals surface area (Å²) < 4.78 is 14.3. The second-order valence-corrected chi connectivity index (χ2v) is 4.47. The zero-order chi connectivity index (χ0) is 13.0. The van der Waals surface area contributed by atoms with Crippen molar-refractivity contribution in [1.29, 1.82) is 0 Å². The maximum Gasteiger partial charge on any atom is 0.144 e. The molecule has 1 atom stereocenters. The van der Waals surface area contributed by atoms with Gasteiger partial charge in [-0.3, -0.25) is 0 Å². The number of aromatic nitrogens is 2. The fourth-order valence-corrected chi connectivity index (χ4v) is 1.90. The third-order valence-corrected chi connectivity index (χ3v) is 3.02. The summed E-state index contributed by atoms with van der Waals surface area (Å²) in [5.41, 5.74) is 0.394. The average molecular weight is 312 g/mol. The van der Waals surface area contributed by atoms with Gasteiger partial charge in [-0.15, -0.1) is 0 Å². The Hall–Kier alpha value is -1.53. The van der Waals surface area contributed by atoms with Gasteiger partial charge >= 0.3 is 0 Å².